The van der Waals surface area contributed by atoms with Crippen LogP contribution in [0.5, 0.6) is 0 Å². The van der Waals surface area contributed by atoms with Gasteiger partial charge in [-0.25, -0.2) is 0 Å². The van der Waals surface area contributed by atoms with E-state index in [9.17, 15) is 9.59 Å². The van der Waals surface area contributed by atoms with Crippen LogP contribution in [0.15, 0.2) is 53.1 Å². The van der Waals surface area contributed by atoms with Gasteiger partial charge in [-0.15, -0.1) is 0 Å². The Hall–Kier alpha value is -3.48. The molecule has 7 nitrogen and oxygen atoms in total. The predicted molar refractivity (Wildman–Crippen MR) is 112 cm³/mol. The van der Waals surface area contributed by atoms with Gasteiger partial charge in [0.2, 0.25) is 23.5 Å². The molecule has 0 atom stereocenters. The molecule has 2 amide bonds. The van der Waals surface area contributed by atoms with Crippen molar-refractivity contribution in [1.29, 1.82) is 0 Å². The van der Waals surface area contributed by atoms with Crippen molar-refractivity contribution in [1.82, 2.24) is 10.1 Å². The highest BCUT2D eigenvalue weighted by atomic mass is 16.5. The van der Waals surface area contributed by atoms with E-state index in [0.717, 1.165) is 5.56 Å². The maximum absolute atomic E-state index is 12.2. The molecule has 0 aliphatic heterocycles. The maximum atomic E-state index is 12.2. The highest BCUT2D eigenvalue weighted by Crippen LogP contribution is 2.21. The first-order chi connectivity index (χ1) is 13.9. The molecule has 2 N–H and O–H groups in total. The molecule has 150 valence electrons. The van der Waals surface area contributed by atoms with E-state index in [1.54, 1.807) is 24.3 Å². The Bertz CT molecular complexity index is 993. The maximum Gasteiger partial charge on any atom is 0.227 e. The van der Waals surface area contributed by atoms with Crippen LogP contribution in [0.4, 0.5) is 11.4 Å². The van der Waals surface area contributed by atoms with Crippen LogP contribution in [0.1, 0.15) is 44.6 Å². The third-order valence-corrected chi connectivity index (χ3v) is 4.34. The van der Waals surface area contributed by atoms with Crippen molar-refractivity contribution in [2.75, 3.05) is 10.6 Å². The Morgan fingerprint density at radius 2 is 1.72 bits per heavy atom. The van der Waals surface area contributed by atoms with Crippen LogP contribution in [0.2, 0.25) is 0 Å². The first-order valence-electron chi connectivity index (χ1n) is 9.51. The molecule has 0 fully saturated rings. The SMILES string of the molecule is CC(=O)Nc1cccc(NC(=O)CCc2nc(-c3ccc(C(C)C)cc3)no2)c1. The van der Waals surface area contributed by atoms with Gasteiger partial charge < -0.3 is 15.2 Å². The van der Waals surface area contributed by atoms with Crippen LogP contribution in [-0.2, 0) is 16.0 Å². The Morgan fingerprint density at radius 3 is 2.38 bits per heavy atom. The van der Waals surface area contributed by atoms with Gasteiger partial charge in [0, 0.05) is 36.7 Å². The monoisotopic (exact) mass is 392 g/mol. The number of anilines is 2. The van der Waals surface area contributed by atoms with Gasteiger partial charge in [-0.05, 0) is 29.7 Å². The topological polar surface area (TPSA) is 97.1 Å². The van der Waals surface area contributed by atoms with E-state index in [2.05, 4.69) is 46.8 Å². The summed E-state index contributed by atoms with van der Waals surface area (Å²) in [6.07, 6.45) is 0.548. The fourth-order valence-electron chi connectivity index (χ4n) is 2.81. The summed E-state index contributed by atoms with van der Waals surface area (Å²) in [7, 11) is 0. The molecule has 0 aliphatic carbocycles. The van der Waals surface area contributed by atoms with Crippen molar-refractivity contribution in [2.45, 2.75) is 39.5 Å². The summed E-state index contributed by atoms with van der Waals surface area (Å²) in [5, 5.41) is 9.49. The van der Waals surface area contributed by atoms with Gasteiger partial charge in [-0.1, -0.05) is 49.3 Å². The zero-order valence-corrected chi connectivity index (χ0v) is 16.7. The molecular formula is C22H24N4O3. The molecule has 29 heavy (non-hydrogen) atoms. The van der Waals surface area contributed by atoms with Crippen LogP contribution < -0.4 is 10.6 Å². The van der Waals surface area contributed by atoms with Gasteiger partial charge >= 0.3 is 0 Å². The molecule has 0 saturated carbocycles. The van der Waals surface area contributed by atoms with E-state index in [0.29, 0.717) is 35.4 Å². The number of nitrogens with zero attached hydrogens (tertiary/aromatic N) is 2. The second kappa shape index (κ2) is 9.14. The fraction of sp³-hybridized carbons (Fsp3) is 0.273. The van der Waals surface area contributed by atoms with E-state index in [-0.39, 0.29) is 18.2 Å². The Morgan fingerprint density at radius 1 is 1.03 bits per heavy atom. The lowest BCUT2D eigenvalue weighted by atomic mass is 10.0. The number of aromatic nitrogens is 2. The van der Waals surface area contributed by atoms with Gasteiger partial charge in [0.05, 0.1) is 0 Å². The first-order valence-corrected chi connectivity index (χ1v) is 9.51. The number of benzene rings is 2. The molecule has 3 aromatic rings. The molecule has 0 radical (unpaired) electrons. The molecule has 0 unspecified atom stereocenters. The molecule has 2 aromatic carbocycles. The predicted octanol–water partition coefficient (Wildman–Crippen LogP) is 4.39. The molecule has 7 heteroatoms. The summed E-state index contributed by atoms with van der Waals surface area (Å²) in [5.74, 6) is 1.04. The van der Waals surface area contributed by atoms with E-state index >= 15 is 0 Å². The summed E-state index contributed by atoms with van der Waals surface area (Å²) in [6.45, 7) is 5.72. The largest absolute Gasteiger partial charge is 0.339 e. The summed E-state index contributed by atoms with van der Waals surface area (Å²) in [5.41, 5.74) is 3.36. The molecule has 3 rings (SSSR count). The molecule has 0 saturated heterocycles. The summed E-state index contributed by atoms with van der Waals surface area (Å²) in [6, 6.07) is 15.0. The van der Waals surface area contributed by atoms with E-state index in [1.807, 2.05) is 12.1 Å². The molecule has 0 bridgehead atoms. The van der Waals surface area contributed by atoms with Crippen molar-refractivity contribution in [3.63, 3.8) is 0 Å². The lowest BCUT2D eigenvalue weighted by Crippen LogP contribution is -2.13. The Labute approximate surface area is 169 Å². The van der Waals surface area contributed by atoms with Crippen molar-refractivity contribution in [3.8, 4) is 11.4 Å². The van der Waals surface area contributed by atoms with Gasteiger partial charge in [0.15, 0.2) is 0 Å². The standard InChI is InChI=1S/C22H24N4O3/c1-14(2)16-7-9-17(10-8-16)22-25-21(29-26-22)12-11-20(28)24-19-6-4-5-18(13-19)23-15(3)27/h4-10,13-14H,11-12H2,1-3H3,(H,23,27)(H,24,28). The summed E-state index contributed by atoms with van der Waals surface area (Å²) < 4.78 is 5.27. The number of hydrogen-bond donors (Lipinski definition) is 2. The van der Waals surface area contributed by atoms with Crippen molar-refractivity contribution in [3.05, 3.63) is 60.0 Å². The highest BCUT2D eigenvalue weighted by Gasteiger charge is 2.11. The number of carbonyl (C=O) groups excluding carboxylic acids is 2. The average Bonchev–Trinajstić information content (AvgIpc) is 3.15. The van der Waals surface area contributed by atoms with Gasteiger partial charge in [-0.2, -0.15) is 4.98 Å². The molecular weight excluding hydrogens is 368 g/mol. The zero-order chi connectivity index (χ0) is 20.8. The zero-order valence-electron chi connectivity index (χ0n) is 16.7. The average molecular weight is 392 g/mol. The third kappa shape index (κ3) is 5.75. The van der Waals surface area contributed by atoms with Crippen molar-refractivity contribution < 1.29 is 14.1 Å². The fourth-order valence-corrected chi connectivity index (χ4v) is 2.81. The number of nitrogens with one attached hydrogen (secondary N) is 2. The van der Waals surface area contributed by atoms with Gasteiger partial charge in [-0.3, -0.25) is 9.59 Å². The van der Waals surface area contributed by atoms with E-state index < -0.39 is 0 Å². The number of aryl methyl sites for hydroxylation is 1. The van der Waals surface area contributed by atoms with Crippen LogP contribution in [0.3, 0.4) is 0 Å². The van der Waals surface area contributed by atoms with Crippen LogP contribution in [-0.4, -0.2) is 22.0 Å². The lowest BCUT2D eigenvalue weighted by molar-refractivity contribution is -0.116. The van der Waals surface area contributed by atoms with E-state index in [1.165, 1.54) is 12.5 Å². The Balaban J connectivity index is 1.55. The summed E-state index contributed by atoms with van der Waals surface area (Å²) in [4.78, 5) is 27.7. The van der Waals surface area contributed by atoms with Crippen LogP contribution >= 0.6 is 0 Å². The van der Waals surface area contributed by atoms with E-state index in [4.69, 9.17) is 4.52 Å². The summed E-state index contributed by atoms with van der Waals surface area (Å²) >= 11 is 0. The molecule has 0 aliphatic rings. The lowest BCUT2D eigenvalue weighted by Gasteiger charge is -2.07. The highest BCUT2D eigenvalue weighted by molar-refractivity contribution is 5.93. The number of hydrogen-bond acceptors (Lipinski definition) is 5. The minimum atomic E-state index is -0.175. The minimum absolute atomic E-state index is 0.167. The van der Waals surface area contributed by atoms with Crippen LogP contribution in [0, 0.1) is 0 Å². The number of amides is 2. The molecule has 1 heterocycles. The Kier molecular flexibility index (Phi) is 6.39. The van der Waals surface area contributed by atoms with Gasteiger partial charge in [0.25, 0.3) is 0 Å². The first kappa shape index (κ1) is 20.3. The van der Waals surface area contributed by atoms with Crippen molar-refractivity contribution in [2.24, 2.45) is 0 Å². The van der Waals surface area contributed by atoms with Crippen molar-refractivity contribution >= 4 is 23.2 Å². The normalized spacial score (nSPS) is 10.8. The second-order valence-corrected chi connectivity index (χ2v) is 7.10. The van der Waals surface area contributed by atoms with Crippen LogP contribution in [0.25, 0.3) is 11.4 Å². The minimum Gasteiger partial charge on any atom is -0.339 e. The smallest absolute Gasteiger partial charge is 0.227 e. The number of carbonyl (C=O) groups is 2. The molecule has 1 aromatic heterocycles. The van der Waals surface area contributed by atoms with Gasteiger partial charge in [0.1, 0.15) is 0 Å². The third-order valence-electron chi connectivity index (χ3n) is 4.34. The number of rotatable bonds is 7. The molecule has 0 spiro atoms. The quantitative estimate of drug-likeness (QED) is 0.621. The second-order valence-electron chi connectivity index (χ2n) is 7.10.